The molecule has 3 heteroatoms. The summed E-state index contributed by atoms with van der Waals surface area (Å²) in [6, 6.07) is 0. The lowest BCUT2D eigenvalue weighted by Gasteiger charge is -2.30. The van der Waals surface area contributed by atoms with Gasteiger partial charge in [-0.15, -0.1) is 0 Å². The zero-order valence-electron chi connectivity index (χ0n) is 22.1. The highest BCUT2D eigenvalue weighted by atomic mass is 16.1. The minimum absolute atomic E-state index is 0.252. The van der Waals surface area contributed by atoms with Crippen LogP contribution < -0.4 is 5.32 Å². The van der Waals surface area contributed by atoms with Crippen molar-refractivity contribution in [3.05, 3.63) is 0 Å². The van der Waals surface area contributed by atoms with Crippen LogP contribution in [0.1, 0.15) is 142 Å². The monoisotopic (exact) mass is 439 g/mol. The molecule has 0 saturated heterocycles. The number of carbonyl (C=O) groups excluding carboxylic acids is 1. The van der Waals surface area contributed by atoms with Crippen molar-refractivity contribution >= 4 is 5.91 Å². The van der Waals surface area contributed by atoms with Crippen LogP contribution in [0, 0.1) is 0 Å². The number of quaternary nitrogens is 1. The van der Waals surface area contributed by atoms with Gasteiger partial charge in [0.05, 0.1) is 27.2 Å². The molecular formula is C28H59N2O+. The zero-order chi connectivity index (χ0) is 23.0. The predicted octanol–water partition coefficient (Wildman–Crippen LogP) is 8.02. The van der Waals surface area contributed by atoms with Gasteiger partial charge in [-0.05, 0) is 19.3 Å². The van der Waals surface area contributed by atoms with E-state index in [1.807, 2.05) is 0 Å². The SMILES string of the molecule is CCCCCCCCCCCCCC[N+](C)(C)CCCNC(=O)CCCCCCCC. The first-order valence-electron chi connectivity index (χ1n) is 14.1. The van der Waals surface area contributed by atoms with Crippen molar-refractivity contribution in [3.8, 4) is 0 Å². The molecule has 31 heavy (non-hydrogen) atoms. The Morgan fingerprint density at radius 2 is 0.935 bits per heavy atom. The minimum atomic E-state index is 0.252. The van der Waals surface area contributed by atoms with Crippen LogP contribution in [0.5, 0.6) is 0 Å². The maximum absolute atomic E-state index is 11.9. The van der Waals surface area contributed by atoms with Crippen LogP contribution in [-0.2, 0) is 4.79 Å². The Kier molecular flexibility index (Phi) is 22.2. The molecule has 0 aliphatic rings. The number of unbranched alkanes of at least 4 members (excludes halogenated alkanes) is 16. The van der Waals surface area contributed by atoms with E-state index < -0.39 is 0 Å². The third-order valence-electron chi connectivity index (χ3n) is 6.64. The smallest absolute Gasteiger partial charge is 0.219 e. The van der Waals surface area contributed by atoms with Gasteiger partial charge >= 0.3 is 0 Å². The van der Waals surface area contributed by atoms with Crippen molar-refractivity contribution in [1.82, 2.24) is 5.32 Å². The Bertz CT molecular complexity index is 381. The molecule has 0 aliphatic heterocycles. The average Bonchev–Trinajstić information content (AvgIpc) is 2.74. The molecule has 0 aromatic carbocycles. The normalized spacial score (nSPS) is 11.7. The van der Waals surface area contributed by atoms with Crippen molar-refractivity contribution in [1.29, 1.82) is 0 Å². The van der Waals surface area contributed by atoms with E-state index in [0.29, 0.717) is 6.42 Å². The maximum Gasteiger partial charge on any atom is 0.219 e. The molecule has 0 radical (unpaired) electrons. The van der Waals surface area contributed by atoms with Gasteiger partial charge in [0.25, 0.3) is 0 Å². The Morgan fingerprint density at radius 1 is 0.548 bits per heavy atom. The number of nitrogens with zero attached hydrogens (tertiary/aromatic N) is 1. The van der Waals surface area contributed by atoms with Crippen LogP contribution in [0.4, 0.5) is 0 Å². The second kappa shape index (κ2) is 22.6. The molecular weight excluding hydrogens is 380 g/mol. The number of hydrogen-bond donors (Lipinski definition) is 1. The lowest BCUT2D eigenvalue weighted by molar-refractivity contribution is -0.890. The molecule has 3 nitrogen and oxygen atoms in total. The molecule has 1 N–H and O–H groups in total. The summed E-state index contributed by atoms with van der Waals surface area (Å²) in [5, 5.41) is 3.12. The van der Waals surface area contributed by atoms with Crippen molar-refractivity contribution in [2.45, 2.75) is 142 Å². The number of hydrogen-bond acceptors (Lipinski definition) is 1. The van der Waals surface area contributed by atoms with E-state index in [2.05, 4.69) is 33.3 Å². The fraction of sp³-hybridized carbons (Fsp3) is 0.964. The van der Waals surface area contributed by atoms with Gasteiger partial charge in [-0.25, -0.2) is 0 Å². The van der Waals surface area contributed by atoms with Gasteiger partial charge in [0.1, 0.15) is 0 Å². The Hall–Kier alpha value is -0.570. The van der Waals surface area contributed by atoms with Crippen molar-refractivity contribution in [2.24, 2.45) is 0 Å². The Morgan fingerprint density at radius 3 is 1.42 bits per heavy atom. The molecule has 0 aromatic rings. The highest BCUT2D eigenvalue weighted by molar-refractivity contribution is 5.75. The molecule has 0 rings (SSSR count). The van der Waals surface area contributed by atoms with Crippen LogP contribution in [0.25, 0.3) is 0 Å². The average molecular weight is 440 g/mol. The molecule has 0 fully saturated rings. The topological polar surface area (TPSA) is 29.1 Å². The first-order chi connectivity index (χ1) is 15.0. The van der Waals surface area contributed by atoms with Gasteiger partial charge in [-0.3, -0.25) is 4.79 Å². The van der Waals surface area contributed by atoms with Gasteiger partial charge in [-0.1, -0.05) is 110 Å². The molecule has 0 heterocycles. The van der Waals surface area contributed by atoms with Gasteiger partial charge in [0, 0.05) is 19.4 Å². The molecule has 0 unspecified atom stereocenters. The highest BCUT2D eigenvalue weighted by Crippen LogP contribution is 2.13. The van der Waals surface area contributed by atoms with E-state index >= 15 is 0 Å². The van der Waals surface area contributed by atoms with Gasteiger partial charge in [0.15, 0.2) is 0 Å². The fourth-order valence-electron chi connectivity index (χ4n) is 4.38. The fourth-order valence-corrected chi connectivity index (χ4v) is 4.38. The molecule has 186 valence electrons. The molecule has 0 spiro atoms. The van der Waals surface area contributed by atoms with E-state index in [0.717, 1.165) is 30.4 Å². The van der Waals surface area contributed by atoms with Gasteiger partial charge in [0.2, 0.25) is 5.91 Å². The van der Waals surface area contributed by atoms with Gasteiger partial charge < -0.3 is 9.80 Å². The van der Waals surface area contributed by atoms with E-state index in [4.69, 9.17) is 0 Å². The van der Waals surface area contributed by atoms with Crippen LogP contribution in [0.15, 0.2) is 0 Å². The van der Waals surface area contributed by atoms with Crippen molar-refractivity contribution in [3.63, 3.8) is 0 Å². The van der Waals surface area contributed by atoms with E-state index in [9.17, 15) is 4.79 Å². The summed E-state index contributed by atoms with van der Waals surface area (Å²) in [5.74, 6) is 0.252. The number of amides is 1. The molecule has 0 aliphatic carbocycles. The number of rotatable bonds is 24. The summed E-state index contributed by atoms with van der Waals surface area (Å²) in [7, 11) is 4.69. The molecule has 1 amide bonds. The Balaban J connectivity index is 3.43. The second-order valence-electron chi connectivity index (χ2n) is 10.5. The third-order valence-corrected chi connectivity index (χ3v) is 6.64. The summed E-state index contributed by atoms with van der Waals surface area (Å²) in [4.78, 5) is 11.9. The summed E-state index contributed by atoms with van der Waals surface area (Å²) in [6.45, 7) is 7.80. The van der Waals surface area contributed by atoms with Crippen LogP contribution in [0.3, 0.4) is 0 Å². The summed E-state index contributed by atoms with van der Waals surface area (Å²) in [6.07, 6.45) is 26.3. The second-order valence-corrected chi connectivity index (χ2v) is 10.5. The zero-order valence-corrected chi connectivity index (χ0v) is 22.1. The number of nitrogens with one attached hydrogen (secondary N) is 1. The predicted molar refractivity (Wildman–Crippen MR) is 139 cm³/mol. The van der Waals surface area contributed by atoms with Crippen LogP contribution >= 0.6 is 0 Å². The molecule has 0 aromatic heterocycles. The van der Waals surface area contributed by atoms with Gasteiger partial charge in [-0.2, -0.15) is 0 Å². The first kappa shape index (κ1) is 30.4. The van der Waals surface area contributed by atoms with Crippen LogP contribution in [0.2, 0.25) is 0 Å². The minimum Gasteiger partial charge on any atom is -0.356 e. The lowest BCUT2D eigenvalue weighted by atomic mass is 10.1. The van der Waals surface area contributed by atoms with E-state index in [-0.39, 0.29) is 5.91 Å². The van der Waals surface area contributed by atoms with Crippen LogP contribution in [-0.4, -0.2) is 44.1 Å². The molecule has 0 bridgehead atoms. The lowest BCUT2D eigenvalue weighted by Crippen LogP contribution is -2.42. The summed E-state index contributed by atoms with van der Waals surface area (Å²) < 4.78 is 1.09. The highest BCUT2D eigenvalue weighted by Gasteiger charge is 2.14. The standard InChI is InChI=1S/C28H58N2O/c1-5-7-9-11-13-14-15-16-17-18-20-22-26-30(3,4)27-23-25-29-28(31)24-21-19-12-10-8-6-2/h5-27H2,1-4H3/p+1. The van der Waals surface area contributed by atoms with E-state index in [1.54, 1.807) is 0 Å². The first-order valence-corrected chi connectivity index (χ1v) is 14.1. The maximum atomic E-state index is 11.9. The summed E-state index contributed by atoms with van der Waals surface area (Å²) in [5.41, 5.74) is 0. The molecule has 0 saturated carbocycles. The quantitative estimate of drug-likeness (QED) is 0.120. The van der Waals surface area contributed by atoms with Crippen molar-refractivity contribution < 1.29 is 9.28 Å². The summed E-state index contributed by atoms with van der Waals surface area (Å²) >= 11 is 0. The third kappa shape index (κ3) is 23.9. The van der Waals surface area contributed by atoms with Crippen molar-refractivity contribution in [2.75, 3.05) is 33.7 Å². The van der Waals surface area contributed by atoms with E-state index in [1.165, 1.54) is 116 Å². The number of carbonyl (C=O) groups is 1. The largest absolute Gasteiger partial charge is 0.356 e. The Labute approximate surface area is 196 Å². The molecule has 0 atom stereocenters.